The lowest BCUT2D eigenvalue weighted by Crippen LogP contribution is -2.25. The molecule has 0 aliphatic carbocycles. The molecule has 8 nitrogen and oxygen atoms in total. The number of amides is 1. The molecule has 0 spiro atoms. The third kappa shape index (κ3) is 4.26. The Morgan fingerprint density at radius 2 is 1.88 bits per heavy atom. The summed E-state index contributed by atoms with van der Waals surface area (Å²) in [6.07, 6.45) is 1.13. The van der Waals surface area contributed by atoms with Crippen molar-refractivity contribution < 1.29 is 22.2 Å². The summed E-state index contributed by atoms with van der Waals surface area (Å²) in [4.78, 5) is 11.9. The molecule has 0 saturated heterocycles. The van der Waals surface area contributed by atoms with Gasteiger partial charge in [-0.1, -0.05) is 36.4 Å². The van der Waals surface area contributed by atoms with Crippen LogP contribution < -0.4 is 10.7 Å². The summed E-state index contributed by atoms with van der Waals surface area (Å²) < 4.78 is 35.4. The molecule has 1 heterocycles. The van der Waals surface area contributed by atoms with Crippen LogP contribution in [-0.4, -0.2) is 31.6 Å². The number of anilines is 1. The Morgan fingerprint density at radius 1 is 1.12 bits per heavy atom. The van der Waals surface area contributed by atoms with Crippen LogP contribution in [0.3, 0.4) is 0 Å². The lowest BCUT2D eigenvalue weighted by Gasteiger charge is -2.08. The minimum Gasteiger partial charge on any atom is -0.441 e. The van der Waals surface area contributed by atoms with Gasteiger partial charge in [0.2, 0.25) is 5.09 Å². The molecule has 0 atom stereocenters. The smallest absolute Gasteiger partial charge is 0.328 e. The molecule has 2 aromatic carbocycles. The summed E-state index contributed by atoms with van der Waals surface area (Å²) in [6, 6.07) is 15.9. The lowest BCUT2D eigenvalue weighted by molar-refractivity contribution is -0.119. The number of nitrogens with zero attached hydrogens (tertiary/aromatic N) is 1. The number of rotatable bonds is 6. The van der Waals surface area contributed by atoms with Crippen molar-refractivity contribution in [2.75, 3.05) is 11.9 Å². The summed E-state index contributed by atoms with van der Waals surface area (Å²) >= 11 is 0. The Kier molecular flexibility index (Phi) is 5.01. The number of hydrogen-bond donors (Lipinski definition) is 3. The molecular weight excluding hydrogens is 358 g/mol. The predicted octanol–water partition coefficient (Wildman–Crippen LogP) is 2.24. The molecule has 0 fully saturated rings. The van der Waals surface area contributed by atoms with Gasteiger partial charge in [0.1, 0.15) is 5.76 Å². The van der Waals surface area contributed by atoms with Crippen molar-refractivity contribution in [3.05, 3.63) is 60.4 Å². The van der Waals surface area contributed by atoms with Gasteiger partial charge in [-0.3, -0.25) is 9.35 Å². The number of carbonyl (C=O) groups is 1. The maximum absolute atomic E-state index is 11.9. The Morgan fingerprint density at radius 3 is 2.65 bits per heavy atom. The number of fused-ring (bicyclic) bond motifs is 1. The summed E-state index contributed by atoms with van der Waals surface area (Å²) in [7, 11) is -4.41. The van der Waals surface area contributed by atoms with E-state index in [-0.39, 0.29) is 12.3 Å². The second kappa shape index (κ2) is 7.38. The highest BCUT2D eigenvalue weighted by molar-refractivity contribution is 7.85. The van der Waals surface area contributed by atoms with Crippen molar-refractivity contribution in [3.8, 4) is 0 Å². The van der Waals surface area contributed by atoms with Crippen molar-refractivity contribution in [1.29, 1.82) is 0 Å². The molecule has 0 aliphatic rings. The standard InChI is InChI=1S/C17H15N3O5S/c21-16(20-19-10-13-8-9-17(25-13)26(22,23)24)11-18-15-7-3-5-12-4-1-2-6-14(12)15/h1-10,18H,11H2,(H,20,21)(H,22,23,24). The summed E-state index contributed by atoms with van der Waals surface area (Å²) in [6.45, 7) is -0.000227. The van der Waals surface area contributed by atoms with Crippen LogP contribution >= 0.6 is 0 Å². The van der Waals surface area contributed by atoms with Crippen LogP contribution in [0.1, 0.15) is 5.76 Å². The average molecular weight is 373 g/mol. The van der Waals surface area contributed by atoms with Gasteiger partial charge in [-0.05, 0) is 23.6 Å². The highest BCUT2D eigenvalue weighted by atomic mass is 32.2. The van der Waals surface area contributed by atoms with Crippen molar-refractivity contribution in [2.45, 2.75) is 5.09 Å². The monoisotopic (exact) mass is 373 g/mol. The molecule has 3 aromatic rings. The fraction of sp³-hybridized carbons (Fsp3) is 0.0588. The largest absolute Gasteiger partial charge is 0.441 e. The van der Waals surface area contributed by atoms with Crippen LogP contribution in [0.15, 0.2) is 69.2 Å². The van der Waals surface area contributed by atoms with E-state index in [0.29, 0.717) is 0 Å². The van der Waals surface area contributed by atoms with Gasteiger partial charge in [-0.15, -0.1) is 0 Å². The minimum atomic E-state index is -4.41. The molecule has 1 aromatic heterocycles. The highest BCUT2D eigenvalue weighted by Gasteiger charge is 2.14. The van der Waals surface area contributed by atoms with Crippen LogP contribution in [-0.2, 0) is 14.9 Å². The van der Waals surface area contributed by atoms with Gasteiger partial charge in [0.05, 0.1) is 12.8 Å². The third-order valence-corrected chi connectivity index (χ3v) is 4.19. The number of nitrogens with one attached hydrogen (secondary N) is 2. The molecule has 1 amide bonds. The number of benzene rings is 2. The topological polar surface area (TPSA) is 121 Å². The van der Waals surface area contributed by atoms with Crippen LogP contribution in [0, 0.1) is 0 Å². The normalized spacial score (nSPS) is 11.7. The van der Waals surface area contributed by atoms with E-state index in [4.69, 9.17) is 8.97 Å². The Bertz CT molecular complexity index is 1070. The molecule has 0 unspecified atom stereocenters. The molecule has 26 heavy (non-hydrogen) atoms. The minimum absolute atomic E-state index is 0.000227. The van der Waals surface area contributed by atoms with Gasteiger partial charge in [0.15, 0.2) is 0 Å². The third-order valence-electron chi connectivity index (χ3n) is 3.47. The second-order valence-corrected chi connectivity index (χ2v) is 6.66. The van der Waals surface area contributed by atoms with E-state index in [9.17, 15) is 13.2 Å². The van der Waals surface area contributed by atoms with Gasteiger partial charge in [0.25, 0.3) is 5.91 Å². The maximum atomic E-state index is 11.9. The van der Waals surface area contributed by atoms with E-state index >= 15 is 0 Å². The molecule has 0 saturated carbocycles. The van der Waals surface area contributed by atoms with Crippen molar-refractivity contribution in [1.82, 2.24) is 5.43 Å². The maximum Gasteiger partial charge on any atom is 0.328 e. The summed E-state index contributed by atoms with van der Waals surface area (Å²) in [5.74, 6) is -0.323. The number of furan rings is 1. The number of hydrogen-bond acceptors (Lipinski definition) is 6. The van der Waals surface area contributed by atoms with E-state index in [2.05, 4.69) is 15.8 Å². The molecule has 0 bridgehead atoms. The zero-order valence-electron chi connectivity index (χ0n) is 13.4. The second-order valence-electron chi connectivity index (χ2n) is 5.31. The zero-order valence-corrected chi connectivity index (χ0v) is 14.2. The van der Waals surface area contributed by atoms with Gasteiger partial charge < -0.3 is 9.73 Å². The first-order valence-corrected chi connectivity index (χ1v) is 8.98. The van der Waals surface area contributed by atoms with Gasteiger partial charge >= 0.3 is 10.1 Å². The van der Waals surface area contributed by atoms with Gasteiger partial charge in [-0.2, -0.15) is 13.5 Å². The predicted molar refractivity (Wildman–Crippen MR) is 96.7 cm³/mol. The summed E-state index contributed by atoms with van der Waals surface area (Å²) in [5, 5.41) is 8.18. The quantitative estimate of drug-likeness (QED) is 0.346. The van der Waals surface area contributed by atoms with Crippen LogP contribution in [0.5, 0.6) is 0 Å². The van der Waals surface area contributed by atoms with Gasteiger partial charge in [-0.25, -0.2) is 5.43 Å². The van der Waals surface area contributed by atoms with E-state index in [1.54, 1.807) is 0 Å². The fourth-order valence-electron chi connectivity index (χ4n) is 2.30. The first kappa shape index (κ1) is 17.6. The average Bonchev–Trinajstić information content (AvgIpc) is 3.09. The van der Waals surface area contributed by atoms with Crippen LogP contribution in [0.25, 0.3) is 10.8 Å². The van der Waals surface area contributed by atoms with E-state index in [0.717, 1.165) is 28.7 Å². The van der Waals surface area contributed by atoms with Crippen LogP contribution in [0.4, 0.5) is 5.69 Å². The van der Waals surface area contributed by atoms with Crippen LogP contribution in [0.2, 0.25) is 0 Å². The molecule has 9 heteroatoms. The number of carbonyl (C=O) groups excluding carboxylic acids is 1. The molecule has 3 rings (SSSR count). The van der Waals surface area contributed by atoms with Gasteiger partial charge in [0, 0.05) is 11.1 Å². The molecule has 0 radical (unpaired) electrons. The lowest BCUT2D eigenvalue weighted by atomic mass is 10.1. The molecular formula is C17H15N3O5S. The van der Waals surface area contributed by atoms with E-state index in [1.165, 1.54) is 6.07 Å². The zero-order chi connectivity index (χ0) is 18.6. The Balaban J connectivity index is 1.57. The van der Waals surface area contributed by atoms with Crippen molar-refractivity contribution >= 4 is 38.7 Å². The number of hydrazone groups is 1. The molecule has 0 aliphatic heterocycles. The molecule has 3 N–H and O–H groups in total. The fourth-order valence-corrected chi connectivity index (χ4v) is 2.75. The molecule has 134 valence electrons. The van der Waals surface area contributed by atoms with Crippen molar-refractivity contribution in [3.63, 3.8) is 0 Å². The Hall–Kier alpha value is -3.17. The first-order chi connectivity index (χ1) is 12.4. The highest BCUT2D eigenvalue weighted by Crippen LogP contribution is 2.22. The Labute approximate surface area is 149 Å². The van der Waals surface area contributed by atoms with Crippen molar-refractivity contribution in [2.24, 2.45) is 5.10 Å². The SMILES string of the molecule is O=C(CNc1cccc2ccccc12)NN=Cc1ccc(S(=O)(=O)O)o1. The summed E-state index contributed by atoms with van der Waals surface area (Å²) in [5.41, 5.74) is 3.12. The van der Waals surface area contributed by atoms with E-state index in [1.807, 2.05) is 42.5 Å². The van der Waals surface area contributed by atoms with E-state index < -0.39 is 21.1 Å². The first-order valence-electron chi connectivity index (χ1n) is 7.54.